The molecule has 0 radical (unpaired) electrons. The van der Waals surface area contributed by atoms with Crippen molar-refractivity contribution < 1.29 is 22.7 Å². The van der Waals surface area contributed by atoms with Gasteiger partial charge < -0.3 is 14.5 Å². The second kappa shape index (κ2) is 8.19. The van der Waals surface area contributed by atoms with E-state index < -0.39 is 10.0 Å². The lowest BCUT2D eigenvalue weighted by Crippen LogP contribution is -2.49. The van der Waals surface area contributed by atoms with Gasteiger partial charge in [0.15, 0.2) is 0 Å². The van der Waals surface area contributed by atoms with Crippen LogP contribution in [0.2, 0.25) is 0 Å². The molecular weight excluding hydrogens is 406 g/mol. The van der Waals surface area contributed by atoms with Crippen molar-refractivity contribution in [3.8, 4) is 0 Å². The topological polar surface area (TPSA) is 87.2 Å². The van der Waals surface area contributed by atoms with Crippen molar-refractivity contribution >= 4 is 27.5 Å². The summed E-state index contributed by atoms with van der Waals surface area (Å²) in [7, 11) is -3.36. The van der Waals surface area contributed by atoms with Gasteiger partial charge in [0.2, 0.25) is 15.9 Å². The van der Waals surface area contributed by atoms with Crippen molar-refractivity contribution in [2.24, 2.45) is 5.92 Å². The number of likely N-dealkylation sites (tertiary alicyclic amines) is 1. The summed E-state index contributed by atoms with van der Waals surface area (Å²) in [5, 5.41) is 0. The second-order valence-corrected chi connectivity index (χ2v) is 10.3. The molecule has 8 nitrogen and oxygen atoms in total. The molecule has 3 aliphatic heterocycles. The van der Waals surface area contributed by atoms with Gasteiger partial charge in [-0.1, -0.05) is 0 Å². The summed E-state index contributed by atoms with van der Waals surface area (Å²) in [6.45, 7) is 5.30. The molecule has 0 bridgehead atoms. The third-order valence-electron chi connectivity index (χ3n) is 6.22. The Labute approximate surface area is 177 Å². The molecule has 0 saturated carbocycles. The average Bonchev–Trinajstić information content (AvgIpc) is 3.08. The fourth-order valence-corrected chi connectivity index (χ4v) is 6.09. The highest BCUT2D eigenvalue weighted by atomic mass is 32.2. The quantitative estimate of drug-likeness (QED) is 0.710. The van der Waals surface area contributed by atoms with Crippen LogP contribution in [-0.2, 0) is 26.0 Å². The summed E-state index contributed by atoms with van der Waals surface area (Å²) < 4.78 is 31.0. The maximum atomic E-state index is 13.2. The van der Waals surface area contributed by atoms with Gasteiger partial charge in [-0.3, -0.25) is 13.9 Å². The molecular formula is C21H29N3O5S. The van der Waals surface area contributed by atoms with Gasteiger partial charge in [0, 0.05) is 37.8 Å². The Morgan fingerprint density at radius 2 is 1.83 bits per heavy atom. The zero-order valence-electron chi connectivity index (χ0n) is 17.5. The Kier molecular flexibility index (Phi) is 5.76. The smallest absolute Gasteiger partial charge is 0.253 e. The molecule has 0 aliphatic carbocycles. The number of anilines is 1. The third-order valence-corrected chi connectivity index (χ3v) is 7.49. The molecule has 2 unspecified atom stereocenters. The van der Waals surface area contributed by atoms with E-state index in [9.17, 15) is 18.0 Å². The van der Waals surface area contributed by atoms with Gasteiger partial charge in [0.1, 0.15) is 0 Å². The maximum absolute atomic E-state index is 13.2. The Hall–Kier alpha value is -2.13. The SMILES string of the molecule is CC1Cc2cc(C(=O)N3CCCC(C(=O)N4CCOCC4)C3)ccc2N1S(C)(=O)=O. The summed E-state index contributed by atoms with van der Waals surface area (Å²) in [4.78, 5) is 29.6. The first-order valence-corrected chi connectivity index (χ1v) is 12.4. The summed E-state index contributed by atoms with van der Waals surface area (Å²) >= 11 is 0. The maximum Gasteiger partial charge on any atom is 0.253 e. The van der Waals surface area contributed by atoms with Crippen LogP contribution in [0.3, 0.4) is 0 Å². The zero-order chi connectivity index (χ0) is 21.5. The van der Waals surface area contributed by atoms with E-state index in [-0.39, 0.29) is 23.8 Å². The largest absolute Gasteiger partial charge is 0.378 e. The van der Waals surface area contributed by atoms with E-state index in [4.69, 9.17) is 4.74 Å². The fourth-order valence-electron chi connectivity index (χ4n) is 4.83. The van der Waals surface area contributed by atoms with Crippen LogP contribution in [0.15, 0.2) is 18.2 Å². The molecule has 164 valence electrons. The normalized spacial score (nSPS) is 24.7. The van der Waals surface area contributed by atoms with E-state index in [0.29, 0.717) is 57.1 Å². The number of carbonyl (C=O) groups excluding carboxylic acids is 2. The van der Waals surface area contributed by atoms with Gasteiger partial charge in [-0.2, -0.15) is 0 Å². The van der Waals surface area contributed by atoms with Crippen LogP contribution in [0.4, 0.5) is 5.69 Å². The summed E-state index contributed by atoms with van der Waals surface area (Å²) in [6, 6.07) is 5.08. The van der Waals surface area contributed by atoms with Crippen molar-refractivity contribution in [1.82, 2.24) is 9.80 Å². The molecule has 3 heterocycles. The minimum atomic E-state index is -3.36. The van der Waals surface area contributed by atoms with Crippen molar-refractivity contribution in [2.45, 2.75) is 32.2 Å². The van der Waals surface area contributed by atoms with E-state index in [0.717, 1.165) is 18.4 Å². The van der Waals surface area contributed by atoms with Gasteiger partial charge in [-0.05, 0) is 49.9 Å². The van der Waals surface area contributed by atoms with Gasteiger partial charge >= 0.3 is 0 Å². The standard InChI is InChI=1S/C21H29N3O5S/c1-15-12-18-13-16(5-6-19(18)24(15)30(2,27)28)20(25)23-7-3-4-17(14-23)21(26)22-8-10-29-11-9-22/h5-6,13,15,17H,3-4,7-12,14H2,1-2H3. The van der Waals surface area contributed by atoms with Crippen molar-refractivity contribution in [3.05, 3.63) is 29.3 Å². The van der Waals surface area contributed by atoms with E-state index in [2.05, 4.69) is 0 Å². The number of amides is 2. The molecule has 9 heteroatoms. The molecule has 2 amide bonds. The molecule has 1 aromatic carbocycles. The number of fused-ring (bicyclic) bond motifs is 1. The van der Waals surface area contributed by atoms with Gasteiger partial charge in [0.05, 0.1) is 31.1 Å². The first kappa shape index (κ1) is 21.1. The third kappa shape index (κ3) is 4.05. The van der Waals surface area contributed by atoms with Crippen LogP contribution in [0.1, 0.15) is 35.7 Å². The average molecular weight is 436 g/mol. The van der Waals surface area contributed by atoms with Crippen molar-refractivity contribution in [2.75, 3.05) is 50.0 Å². The first-order chi connectivity index (χ1) is 14.3. The summed E-state index contributed by atoms with van der Waals surface area (Å²) in [5.74, 6) is -0.152. The predicted molar refractivity (Wildman–Crippen MR) is 113 cm³/mol. The molecule has 2 saturated heterocycles. The molecule has 0 aromatic heterocycles. The fraction of sp³-hybridized carbons (Fsp3) is 0.619. The number of hydrogen-bond donors (Lipinski definition) is 0. The number of morpholine rings is 1. The highest BCUT2D eigenvalue weighted by Gasteiger charge is 2.35. The van der Waals surface area contributed by atoms with Crippen LogP contribution >= 0.6 is 0 Å². The number of benzene rings is 1. The Morgan fingerprint density at radius 3 is 2.53 bits per heavy atom. The molecule has 30 heavy (non-hydrogen) atoms. The van der Waals surface area contributed by atoms with Gasteiger partial charge in [-0.25, -0.2) is 8.42 Å². The van der Waals surface area contributed by atoms with E-state index in [1.54, 1.807) is 17.0 Å². The number of nitrogens with zero attached hydrogens (tertiary/aromatic N) is 3. The molecule has 1 aromatic rings. The Morgan fingerprint density at radius 1 is 1.10 bits per heavy atom. The minimum absolute atomic E-state index is 0.0947. The second-order valence-electron chi connectivity index (χ2n) is 8.48. The van der Waals surface area contributed by atoms with Crippen molar-refractivity contribution in [3.63, 3.8) is 0 Å². The van der Waals surface area contributed by atoms with Crippen molar-refractivity contribution in [1.29, 1.82) is 0 Å². The first-order valence-electron chi connectivity index (χ1n) is 10.5. The highest BCUT2D eigenvalue weighted by Crippen LogP contribution is 2.35. The zero-order valence-corrected chi connectivity index (χ0v) is 18.4. The molecule has 2 atom stereocenters. The minimum Gasteiger partial charge on any atom is -0.378 e. The number of sulfonamides is 1. The van der Waals surface area contributed by atoms with Crippen LogP contribution in [0.25, 0.3) is 0 Å². The highest BCUT2D eigenvalue weighted by molar-refractivity contribution is 7.92. The predicted octanol–water partition coefficient (Wildman–Crippen LogP) is 1.11. The van der Waals surface area contributed by atoms with Gasteiger partial charge in [-0.15, -0.1) is 0 Å². The summed E-state index contributed by atoms with van der Waals surface area (Å²) in [6.07, 6.45) is 3.39. The number of rotatable bonds is 3. The number of piperidine rings is 1. The molecule has 2 fully saturated rings. The lowest BCUT2D eigenvalue weighted by atomic mass is 9.95. The lowest BCUT2D eigenvalue weighted by Gasteiger charge is -2.36. The van der Waals surface area contributed by atoms with E-state index >= 15 is 0 Å². The molecule has 0 N–H and O–H groups in total. The number of ether oxygens (including phenoxy) is 1. The lowest BCUT2D eigenvalue weighted by molar-refractivity contribution is -0.141. The van der Waals surface area contributed by atoms with Crippen LogP contribution in [0, 0.1) is 5.92 Å². The Bertz CT molecular complexity index is 942. The van der Waals surface area contributed by atoms with E-state index in [1.807, 2.05) is 17.9 Å². The van der Waals surface area contributed by atoms with Crippen LogP contribution < -0.4 is 4.31 Å². The monoisotopic (exact) mass is 435 g/mol. The van der Waals surface area contributed by atoms with Crippen LogP contribution in [-0.4, -0.2) is 81.7 Å². The molecule has 4 rings (SSSR count). The van der Waals surface area contributed by atoms with Crippen LogP contribution in [0.5, 0.6) is 0 Å². The van der Waals surface area contributed by atoms with E-state index in [1.165, 1.54) is 10.6 Å². The Balaban J connectivity index is 1.48. The summed E-state index contributed by atoms with van der Waals surface area (Å²) in [5.41, 5.74) is 2.08. The van der Waals surface area contributed by atoms with Gasteiger partial charge in [0.25, 0.3) is 5.91 Å². The number of hydrogen-bond acceptors (Lipinski definition) is 5. The number of carbonyl (C=O) groups is 2. The molecule has 0 spiro atoms. The molecule has 3 aliphatic rings.